The van der Waals surface area contributed by atoms with Crippen molar-refractivity contribution in [2.45, 2.75) is 31.2 Å². The largest absolute Gasteiger partial charge is 0.310 e. The van der Waals surface area contributed by atoms with E-state index < -0.39 is 10.0 Å². The highest BCUT2D eigenvalue weighted by Gasteiger charge is 2.10. The molecule has 0 amide bonds. The van der Waals surface area contributed by atoms with Crippen LogP contribution in [0.25, 0.3) is 0 Å². The van der Waals surface area contributed by atoms with Crippen LogP contribution in [0.5, 0.6) is 0 Å². The van der Waals surface area contributed by atoms with Crippen LogP contribution in [0.1, 0.15) is 31.9 Å². The van der Waals surface area contributed by atoms with Crippen molar-refractivity contribution in [3.05, 3.63) is 42.0 Å². The quantitative estimate of drug-likeness (QED) is 0.612. The molecule has 0 aliphatic carbocycles. The van der Waals surface area contributed by atoms with E-state index in [4.69, 9.17) is 5.14 Å². The standard InChI is InChI=1S/C13H20N2O2S/c1-3-4-5-9-15-11(2)12-7-6-8-13(10-12)18(14,16)17/h3-4,6-8,10-11,15H,5,9H2,1-2H3,(H2,14,16,17)/b4-3+. The predicted molar refractivity (Wildman–Crippen MR) is 73.7 cm³/mol. The average Bonchev–Trinajstić information content (AvgIpc) is 2.33. The number of nitrogens with one attached hydrogen (secondary N) is 1. The summed E-state index contributed by atoms with van der Waals surface area (Å²) in [4.78, 5) is 0.155. The number of sulfonamides is 1. The Bertz CT molecular complexity index is 509. The number of hydrogen-bond acceptors (Lipinski definition) is 3. The molecule has 0 aromatic heterocycles. The lowest BCUT2D eigenvalue weighted by Gasteiger charge is -2.14. The van der Waals surface area contributed by atoms with E-state index in [9.17, 15) is 8.42 Å². The fourth-order valence-electron chi connectivity index (χ4n) is 1.63. The highest BCUT2D eigenvalue weighted by Crippen LogP contribution is 2.16. The molecule has 3 N–H and O–H groups in total. The highest BCUT2D eigenvalue weighted by molar-refractivity contribution is 7.89. The molecule has 5 heteroatoms. The molecule has 0 heterocycles. The van der Waals surface area contributed by atoms with E-state index >= 15 is 0 Å². The maximum Gasteiger partial charge on any atom is 0.238 e. The number of allylic oxidation sites excluding steroid dienone is 1. The molecule has 0 saturated heterocycles. The van der Waals surface area contributed by atoms with Crippen LogP contribution in [0.2, 0.25) is 0 Å². The van der Waals surface area contributed by atoms with Gasteiger partial charge in [-0.3, -0.25) is 0 Å². The molecule has 1 rings (SSSR count). The molecule has 100 valence electrons. The van der Waals surface area contributed by atoms with E-state index in [1.165, 1.54) is 6.07 Å². The molecule has 0 fully saturated rings. The van der Waals surface area contributed by atoms with Crippen molar-refractivity contribution in [3.63, 3.8) is 0 Å². The Kier molecular flexibility index (Phi) is 5.53. The van der Waals surface area contributed by atoms with Gasteiger partial charge in [-0.2, -0.15) is 0 Å². The van der Waals surface area contributed by atoms with Crippen LogP contribution in [0.15, 0.2) is 41.3 Å². The van der Waals surface area contributed by atoms with Crippen molar-refractivity contribution in [2.75, 3.05) is 6.54 Å². The van der Waals surface area contributed by atoms with E-state index in [2.05, 4.69) is 11.4 Å². The molecule has 0 saturated carbocycles. The van der Waals surface area contributed by atoms with Crippen LogP contribution in [0.3, 0.4) is 0 Å². The van der Waals surface area contributed by atoms with E-state index in [0.29, 0.717) is 0 Å². The second-order valence-corrected chi connectivity index (χ2v) is 5.71. The summed E-state index contributed by atoms with van der Waals surface area (Å²) in [5, 5.41) is 8.43. The van der Waals surface area contributed by atoms with Gasteiger partial charge in [-0.25, -0.2) is 13.6 Å². The van der Waals surface area contributed by atoms with E-state index in [1.807, 2.05) is 26.0 Å². The zero-order chi connectivity index (χ0) is 13.6. The van der Waals surface area contributed by atoms with Crippen LogP contribution in [0, 0.1) is 0 Å². The van der Waals surface area contributed by atoms with Crippen molar-refractivity contribution in [2.24, 2.45) is 5.14 Å². The molecule has 0 aliphatic heterocycles. The fraction of sp³-hybridized carbons (Fsp3) is 0.385. The summed E-state index contributed by atoms with van der Waals surface area (Å²) >= 11 is 0. The summed E-state index contributed by atoms with van der Waals surface area (Å²) in [5.41, 5.74) is 0.919. The first-order valence-electron chi connectivity index (χ1n) is 5.92. The normalized spacial score (nSPS) is 13.9. The van der Waals surface area contributed by atoms with Crippen LogP contribution < -0.4 is 10.5 Å². The van der Waals surface area contributed by atoms with Gasteiger partial charge in [0.2, 0.25) is 10.0 Å². The molecule has 0 spiro atoms. The minimum atomic E-state index is -3.63. The third-order valence-electron chi connectivity index (χ3n) is 2.68. The summed E-state index contributed by atoms with van der Waals surface area (Å²) in [5.74, 6) is 0. The first-order chi connectivity index (χ1) is 8.45. The summed E-state index contributed by atoms with van der Waals surface area (Å²) < 4.78 is 22.5. The van der Waals surface area contributed by atoms with Crippen LogP contribution in [0.4, 0.5) is 0 Å². The predicted octanol–water partition coefficient (Wildman–Crippen LogP) is 1.95. The summed E-state index contributed by atoms with van der Waals surface area (Å²) in [7, 11) is -3.63. The zero-order valence-corrected chi connectivity index (χ0v) is 11.6. The van der Waals surface area contributed by atoms with Crippen molar-refractivity contribution in [1.29, 1.82) is 0 Å². The van der Waals surface area contributed by atoms with Gasteiger partial charge in [-0.1, -0.05) is 24.3 Å². The first-order valence-corrected chi connectivity index (χ1v) is 7.47. The monoisotopic (exact) mass is 268 g/mol. The molecule has 0 aliphatic rings. The van der Waals surface area contributed by atoms with Crippen molar-refractivity contribution >= 4 is 10.0 Å². The average molecular weight is 268 g/mol. The third-order valence-corrected chi connectivity index (χ3v) is 3.59. The first kappa shape index (κ1) is 14.9. The molecule has 1 unspecified atom stereocenters. The molecule has 18 heavy (non-hydrogen) atoms. The Morgan fingerprint density at radius 1 is 1.44 bits per heavy atom. The number of benzene rings is 1. The summed E-state index contributed by atoms with van der Waals surface area (Å²) in [6.07, 6.45) is 5.05. The fourth-order valence-corrected chi connectivity index (χ4v) is 2.20. The SMILES string of the molecule is C/C=C/CCNC(C)c1cccc(S(N)(=O)=O)c1. The highest BCUT2D eigenvalue weighted by atomic mass is 32.2. The minimum absolute atomic E-state index is 0.0944. The van der Waals surface area contributed by atoms with Crippen LogP contribution in [-0.4, -0.2) is 15.0 Å². The molecule has 0 bridgehead atoms. The van der Waals surface area contributed by atoms with Gasteiger partial charge >= 0.3 is 0 Å². The third kappa shape index (κ3) is 4.60. The Balaban J connectivity index is 2.71. The number of hydrogen-bond donors (Lipinski definition) is 2. The van der Waals surface area contributed by atoms with E-state index in [-0.39, 0.29) is 10.9 Å². The zero-order valence-electron chi connectivity index (χ0n) is 10.8. The Hall–Kier alpha value is -1.17. The van der Waals surface area contributed by atoms with Crippen molar-refractivity contribution in [3.8, 4) is 0 Å². The Morgan fingerprint density at radius 3 is 2.78 bits per heavy atom. The molecule has 0 radical (unpaired) electrons. The topological polar surface area (TPSA) is 72.2 Å². The van der Waals surface area contributed by atoms with Gasteiger partial charge in [0.1, 0.15) is 0 Å². The second kappa shape index (κ2) is 6.68. The van der Waals surface area contributed by atoms with Gasteiger partial charge in [-0.05, 0) is 44.5 Å². The van der Waals surface area contributed by atoms with E-state index in [1.54, 1.807) is 12.1 Å². The molecule has 1 aromatic rings. The van der Waals surface area contributed by atoms with Gasteiger partial charge in [0.15, 0.2) is 0 Å². The minimum Gasteiger partial charge on any atom is -0.310 e. The maximum atomic E-state index is 11.3. The molecular formula is C13H20N2O2S. The smallest absolute Gasteiger partial charge is 0.238 e. The Morgan fingerprint density at radius 2 is 2.17 bits per heavy atom. The van der Waals surface area contributed by atoms with Gasteiger partial charge < -0.3 is 5.32 Å². The summed E-state index contributed by atoms with van der Waals surface area (Å²) in [6.45, 7) is 4.84. The maximum absolute atomic E-state index is 11.3. The van der Waals surface area contributed by atoms with E-state index in [0.717, 1.165) is 18.5 Å². The molecular weight excluding hydrogens is 248 g/mol. The number of nitrogens with two attached hydrogens (primary N) is 1. The van der Waals surface area contributed by atoms with Crippen molar-refractivity contribution < 1.29 is 8.42 Å². The number of rotatable bonds is 6. The van der Waals surface area contributed by atoms with Crippen LogP contribution in [-0.2, 0) is 10.0 Å². The van der Waals surface area contributed by atoms with Gasteiger partial charge in [0, 0.05) is 6.04 Å². The molecule has 4 nitrogen and oxygen atoms in total. The van der Waals surface area contributed by atoms with Gasteiger partial charge in [0.25, 0.3) is 0 Å². The lowest BCUT2D eigenvalue weighted by Crippen LogP contribution is -2.20. The summed E-state index contributed by atoms with van der Waals surface area (Å²) in [6, 6.07) is 6.81. The molecule has 1 atom stereocenters. The Labute approximate surface area is 109 Å². The second-order valence-electron chi connectivity index (χ2n) is 4.15. The van der Waals surface area contributed by atoms with Gasteiger partial charge in [-0.15, -0.1) is 0 Å². The lowest BCUT2D eigenvalue weighted by atomic mass is 10.1. The molecule has 1 aromatic carbocycles. The lowest BCUT2D eigenvalue weighted by molar-refractivity contribution is 0.578. The number of primary sulfonamides is 1. The van der Waals surface area contributed by atoms with Crippen LogP contribution >= 0.6 is 0 Å². The van der Waals surface area contributed by atoms with Crippen molar-refractivity contribution in [1.82, 2.24) is 5.32 Å². The van der Waals surface area contributed by atoms with Gasteiger partial charge in [0.05, 0.1) is 4.90 Å².